The van der Waals surface area contributed by atoms with Crippen LogP contribution in [-0.4, -0.2) is 53.6 Å². The van der Waals surface area contributed by atoms with Gasteiger partial charge < -0.3 is 10.0 Å². The second-order valence-electron chi connectivity index (χ2n) is 5.07. The minimum atomic E-state index is -0.866. The van der Waals surface area contributed by atoms with Crippen LogP contribution < -0.4 is 0 Å². The fraction of sp³-hybridized carbons (Fsp3) is 0.500. The number of hydrogen-bond donors (Lipinski definition) is 1. The van der Waals surface area contributed by atoms with Gasteiger partial charge in [0.25, 0.3) is 0 Å². The highest BCUT2D eigenvalue weighted by atomic mass is 16.4. The normalized spacial score (nSPS) is 22.0. The molecule has 0 unspecified atom stereocenters. The van der Waals surface area contributed by atoms with E-state index in [2.05, 4.69) is 23.8 Å². The van der Waals surface area contributed by atoms with Crippen LogP contribution >= 0.6 is 0 Å². The van der Waals surface area contributed by atoms with Gasteiger partial charge in [0.15, 0.2) is 0 Å². The molecule has 4 nitrogen and oxygen atoms in total. The van der Waals surface area contributed by atoms with Crippen LogP contribution in [0.25, 0.3) is 0 Å². The number of rotatable bonds is 3. The van der Waals surface area contributed by atoms with Crippen molar-refractivity contribution in [3.05, 3.63) is 35.4 Å². The Balaban J connectivity index is 1.95. The first-order valence-corrected chi connectivity index (χ1v) is 6.31. The van der Waals surface area contributed by atoms with Crippen molar-refractivity contribution in [3.63, 3.8) is 0 Å². The molecule has 0 aliphatic carbocycles. The van der Waals surface area contributed by atoms with E-state index in [0.29, 0.717) is 11.6 Å². The first-order chi connectivity index (χ1) is 8.56. The zero-order chi connectivity index (χ0) is 13.1. The number of carboxylic acids is 1. The second kappa shape index (κ2) is 5.50. The maximum absolute atomic E-state index is 10.8. The van der Waals surface area contributed by atoms with Crippen LogP contribution in [0, 0.1) is 0 Å². The van der Waals surface area contributed by atoms with Crippen molar-refractivity contribution in [1.82, 2.24) is 9.80 Å². The van der Waals surface area contributed by atoms with Gasteiger partial charge in [0.2, 0.25) is 0 Å². The Labute approximate surface area is 108 Å². The molecule has 2 rings (SSSR count). The van der Waals surface area contributed by atoms with Gasteiger partial charge in [-0.25, -0.2) is 4.79 Å². The Bertz CT molecular complexity index is 416. The molecule has 0 bridgehead atoms. The van der Waals surface area contributed by atoms with Crippen molar-refractivity contribution in [3.8, 4) is 0 Å². The third-order valence-corrected chi connectivity index (χ3v) is 3.65. The van der Waals surface area contributed by atoms with E-state index >= 15 is 0 Å². The molecular formula is C14H20N2O2. The van der Waals surface area contributed by atoms with E-state index in [1.54, 1.807) is 12.1 Å². The summed E-state index contributed by atoms with van der Waals surface area (Å²) >= 11 is 0. The predicted molar refractivity (Wildman–Crippen MR) is 70.8 cm³/mol. The highest BCUT2D eigenvalue weighted by molar-refractivity contribution is 5.87. The molecule has 1 aromatic carbocycles. The highest BCUT2D eigenvalue weighted by Crippen LogP contribution is 2.12. The first-order valence-electron chi connectivity index (χ1n) is 6.31. The molecular weight excluding hydrogens is 228 g/mol. The van der Waals surface area contributed by atoms with E-state index in [1.165, 1.54) is 5.56 Å². The van der Waals surface area contributed by atoms with Gasteiger partial charge >= 0.3 is 5.97 Å². The SMILES string of the molecule is C[C@H]1CN(Cc2ccc(C(=O)O)cc2)CCN1C. The average Bonchev–Trinajstić information content (AvgIpc) is 2.34. The van der Waals surface area contributed by atoms with Crippen molar-refractivity contribution in [2.24, 2.45) is 0 Å². The fourth-order valence-corrected chi connectivity index (χ4v) is 2.28. The molecule has 1 saturated heterocycles. The lowest BCUT2D eigenvalue weighted by Gasteiger charge is -2.37. The summed E-state index contributed by atoms with van der Waals surface area (Å²) in [5.41, 5.74) is 1.53. The molecule has 18 heavy (non-hydrogen) atoms. The zero-order valence-electron chi connectivity index (χ0n) is 11.0. The van der Waals surface area contributed by atoms with Crippen molar-refractivity contribution in [2.45, 2.75) is 19.5 Å². The summed E-state index contributed by atoms with van der Waals surface area (Å²) in [7, 11) is 2.16. The summed E-state index contributed by atoms with van der Waals surface area (Å²) in [5, 5.41) is 8.85. The van der Waals surface area contributed by atoms with Gasteiger partial charge in [0.1, 0.15) is 0 Å². The number of carboxylic acid groups (broad SMARTS) is 1. The summed E-state index contributed by atoms with van der Waals surface area (Å²) in [4.78, 5) is 15.5. The molecule has 1 atom stereocenters. The van der Waals surface area contributed by atoms with Crippen LogP contribution in [-0.2, 0) is 6.54 Å². The zero-order valence-corrected chi connectivity index (χ0v) is 11.0. The molecule has 1 fully saturated rings. The molecule has 1 heterocycles. The number of nitrogens with zero attached hydrogens (tertiary/aromatic N) is 2. The van der Waals surface area contributed by atoms with Crippen LogP contribution in [0.5, 0.6) is 0 Å². The summed E-state index contributed by atoms with van der Waals surface area (Å²) in [6.07, 6.45) is 0. The van der Waals surface area contributed by atoms with Gasteiger partial charge in [-0.05, 0) is 31.7 Å². The number of hydrogen-bond acceptors (Lipinski definition) is 3. The summed E-state index contributed by atoms with van der Waals surface area (Å²) in [5.74, 6) is -0.866. The molecule has 4 heteroatoms. The van der Waals surface area contributed by atoms with Gasteiger partial charge in [-0.3, -0.25) is 4.90 Å². The minimum absolute atomic E-state index is 0.352. The monoisotopic (exact) mass is 248 g/mol. The Morgan fingerprint density at radius 1 is 1.33 bits per heavy atom. The Morgan fingerprint density at radius 3 is 2.56 bits per heavy atom. The maximum Gasteiger partial charge on any atom is 0.335 e. The van der Waals surface area contributed by atoms with Crippen molar-refractivity contribution < 1.29 is 9.90 Å². The van der Waals surface area contributed by atoms with Crippen molar-refractivity contribution in [1.29, 1.82) is 0 Å². The van der Waals surface area contributed by atoms with Gasteiger partial charge in [0, 0.05) is 32.2 Å². The van der Waals surface area contributed by atoms with Crippen LogP contribution in [0.4, 0.5) is 0 Å². The Hall–Kier alpha value is -1.39. The molecule has 1 aromatic rings. The van der Waals surface area contributed by atoms with Gasteiger partial charge in [0.05, 0.1) is 5.56 Å². The molecule has 0 radical (unpaired) electrons. The lowest BCUT2D eigenvalue weighted by Crippen LogP contribution is -2.49. The standard InChI is InChI=1S/C14H20N2O2/c1-11-9-16(8-7-15(11)2)10-12-3-5-13(6-4-12)14(17)18/h3-6,11H,7-10H2,1-2H3,(H,17,18)/t11-/m0/s1. The third-order valence-electron chi connectivity index (χ3n) is 3.65. The number of likely N-dealkylation sites (N-methyl/N-ethyl adjacent to an activating group) is 1. The molecule has 98 valence electrons. The highest BCUT2D eigenvalue weighted by Gasteiger charge is 2.20. The average molecular weight is 248 g/mol. The fourth-order valence-electron chi connectivity index (χ4n) is 2.28. The largest absolute Gasteiger partial charge is 0.478 e. The quantitative estimate of drug-likeness (QED) is 0.881. The predicted octanol–water partition coefficient (Wildman–Crippen LogP) is 1.52. The van der Waals surface area contributed by atoms with Gasteiger partial charge in [-0.2, -0.15) is 0 Å². The summed E-state index contributed by atoms with van der Waals surface area (Å²) in [6, 6.07) is 7.75. The minimum Gasteiger partial charge on any atom is -0.478 e. The Morgan fingerprint density at radius 2 is 2.00 bits per heavy atom. The maximum atomic E-state index is 10.8. The Kier molecular flexibility index (Phi) is 3.99. The third kappa shape index (κ3) is 3.09. The summed E-state index contributed by atoms with van der Waals surface area (Å²) < 4.78 is 0. The van der Waals surface area contributed by atoms with E-state index in [1.807, 2.05) is 12.1 Å². The van der Waals surface area contributed by atoms with E-state index in [0.717, 1.165) is 26.2 Å². The van der Waals surface area contributed by atoms with E-state index < -0.39 is 5.97 Å². The molecule has 1 aliphatic rings. The van der Waals surface area contributed by atoms with Crippen LogP contribution in [0.2, 0.25) is 0 Å². The van der Waals surface area contributed by atoms with Crippen LogP contribution in [0.1, 0.15) is 22.8 Å². The van der Waals surface area contributed by atoms with E-state index in [4.69, 9.17) is 5.11 Å². The van der Waals surface area contributed by atoms with E-state index in [-0.39, 0.29) is 0 Å². The number of carbonyl (C=O) groups is 1. The number of piperazine rings is 1. The molecule has 0 aromatic heterocycles. The van der Waals surface area contributed by atoms with Crippen molar-refractivity contribution in [2.75, 3.05) is 26.7 Å². The van der Waals surface area contributed by atoms with Crippen LogP contribution in [0.3, 0.4) is 0 Å². The molecule has 0 amide bonds. The molecule has 0 saturated carbocycles. The van der Waals surface area contributed by atoms with Gasteiger partial charge in [-0.1, -0.05) is 12.1 Å². The van der Waals surface area contributed by atoms with Gasteiger partial charge in [-0.15, -0.1) is 0 Å². The molecule has 1 N–H and O–H groups in total. The van der Waals surface area contributed by atoms with Crippen LogP contribution in [0.15, 0.2) is 24.3 Å². The topological polar surface area (TPSA) is 43.8 Å². The lowest BCUT2D eigenvalue weighted by atomic mass is 10.1. The first kappa shape index (κ1) is 13.1. The molecule has 1 aliphatic heterocycles. The van der Waals surface area contributed by atoms with E-state index in [9.17, 15) is 4.79 Å². The smallest absolute Gasteiger partial charge is 0.335 e. The molecule has 0 spiro atoms. The van der Waals surface area contributed by atoms with Crippen molar-refractivity contribution >= 4 is 5.97 Å². The summed E-state index contributed by atoms with van der Waals surface area (Å²) in [6.45, 7) is 6.37. The second-order valence-corrected chi connectivity index (χ2v) is 5.07. The number of aromatic carboxylic acids is 1. The lowest BCUT2D eigenvalue weighted by molar-refractivity contribution is 0.0697. The number of benzene rings is 1.